The first kappa shape index (κ1) is 13.8. The van der Waals surface area contributed by atoms with E-state index in [0.29, 0.717) is 12.5 Å². The highest BCUT2D eigenvalue weighted by Crippen LogP contribution is 2.32. The Morgan fingerprint density at radius 3 is 2.47 bits per heavy atom. The molecule has 0 aliphatic heterocycles. The van der Waals surface area contributed by atoms with Crippen LogP contribution in [0.4, 0.5) is 0 Å². The molecule has 0 bridgehead atoms. The van der Waals surface area contributed by atoms with Crippen molar-refractivity contribution in [2.45, 2.75) is 33.2 Å². The monoisotopic (exact) mass is 237 g/mol. The highest BCUT2D eigenvalue weighted by Gasteiger charge is 2.12. The van der Waals surface area contributed by atoms with Crippen molar-refractivity contribution in [3.63, 3.8) is 0 Å². The van der Waals surface area contributed by atoms with Crippen LogP contribution in [0.15, 0.2) is 18.2 Å². The molecule has 0 aliphatic carbocycles. The van der Waals surface area contributed by atoms with Gasteiger partial charge in [0.05, 0.1) is 13.7 Å². The lowest BCUT2D eigenvalue weighted by atomic mass is 10.1. The fourth-order valence-corrected chi connectivity index (χ4v) is 1.64. The first-order valence-corrected chi connectivity index (χ1v) is 6.08. The van der Waals surface area contributed by atoms with Crippen LogP contribution in [0.25, 0.3) is 0 Å². The van der Waals surface area contributed by atoms with Gasteiger partial charge in [-0.25, -0.2) is 0 Å². The third-order valence-electron chi connectivity index (χ3n) is 2.38. The molecule has 2 N–H and O–H groups in total. The molecule has 1 rings (SSSR count). The molecule has 96 valence electrons. The normalized spacial score (nSPS) is 12.6. The summed E-state index contributed by atoms with van der Waals surface area (Å²) in [6, 6.07) is 6.05. The molecule has 0 saturated heterocycles. The summed E-state index contributed by atoms with van der Waals surface area (Å²) in [6.45, 7) is 6.93. The van der Waals surface area contributed by atoms with Gasteiger partial charge >= 0.3 is 0 Å². The summed E-state index contributed by atoms with van der Waals surface area (Å²) in [5.41, 5.74) is 6.96. The molecule has 17 heavy (non-hydrogen) atoms. The van der Waals surface area contributed by atoms with E-state index in [-0.39, 0.29) is 6.04 Å². The predicted octanol–water partition coefficient (Wildman–Crippen LogP) is 2.62. The van der Waals surface area contributed by atoms with Crippen molar-refractivity contribution in [3.8, 4) is 11.5 Å². The molecule has 3 heteroatoms. The molecular formula is C14H23NO2. The van der Waals surface area contributed by atoms with Crippen LogP contribution in [-0.4, -0.2) is 19.8 Å². The third-order valence-corrected chi connectivity index (χ3v) is 2.38. The summed E-state index contributed by atoms with van der Waals surface area (Å²) in [5.74, 6) is 2.10. The van der Waals surface area contributed by atoms with Crippen LogP contribution in [-0.2, 0) is 6.42 Å². The van der Waals surface area contributed by atoms with Gasteiger partial charge < -0.3 is 15.2 Å². The van der Waals surface area contributed by atoms with E-state index in [0.717, 1.165) is 23.5 Å². The van der Waals surface area contributed by atoms with Crippen molar-refractivity contribution in [3.05, 3.63) is 23.8 Å². The lowest BCUT2D eigenvalue weighted by Gasteiger charge is -2.17. The van der Waals surface area contributed by atoms with Gasteiger partial charge in [0, 0.05) is 6.04 Å². The quantitative estimate of drug-likeness (QED) is 0.827. The first-order valence-electron chi connectivity index (χ1n) is 6.08. The van der Waals surface area contributed by atoms with E-state index in [2.05, 4.69) is 13.8 Å². The molecule has 0 aliphatic rings. The number of methoxy groups -OCH3 is 1. The fourth-order valence-electron chi connectivity index (χ4n) is 1.64. The molecule has 1 unspecified atom stereocenters. The SMILES string of the molecule is COc1cccc(CC(C)N)c1OCC(C)C. The van der Waals surface area contributed by atoms with Gasteiger partial charge in [0.2, 0.25) is 0 Å². The van der Waals surface area contributed by atoms with Gasteiger partial charge in [-0.3, -0.25) is 0 Å². The topological polar surface area (TPSA) is 44.5 Å². The second-order valence-corrected chi connectivity index (χ2v) is 4.83. The number of hydrogen-bond acceptors (Lipinski definition) is 3. The van der Waals surface area contributed by atoms with Crippen molar-refractivity contribution in [2.75, 3.05) is 13.7 Å². The van der Waals surface area contributed by atoms with Crippen molar-refractivity contribution in [1.82, 2.24) is 0 Å². The van der Waals surface area contributed by atoms with Crippen LogP contribution in [0.1, 0.15) is 26.3 Å². The zero-order valence-electron chi connectivity index (χ0n) is 11.2. The highest BCUT2D eigenvalue weighted by atomic mass is 16.5. The smallest absolute Gasteiger partial charge is 0.164 e. The first-order chi connectivity index (χ1) is 8.04. The molecular weight excluding hydrogens is 214 g/mol. The molecule has 0 aromatic heterocycles. The maximum atomic E-state index is 5.84. The maximum Gasteiger partial charge on any atom is 0.164 e. The molecule has 1 atom stereocenters. The predicted molar refractivity (Wildman–Crippen MR) is 70.7 cm³/mol. The summed E-state index contributed by atoms with van der Waals surface area (Å²) >= 11 is 0. The van der Waals surface area contributed by atoms with Crippen molar-refractivity contribution >= 4 is 0 Å². The number of hydrogen-bond donors (Lipinski definition) is 1. The molecule has 0 radical (unpaired) electrons. The van der Waals surface area contributed by atoms with Gasteiger partial charge in [0.1, 0.15) is 0 Å². The van der Waals surface area contributed by atoms with Gasteiger partial charge in [-0.05, 0) is 30.9 Å². The van der Waals surface area contributed by atoms with Crippen molar-refractivity contribution < 1.29 is 9.47 Å². The molecule has 0 heterocycles. The molecule has 1 aromatic rings. The fraction of sp³-hybridized carbons (Fsp3) is 0.571. The molecule has 0 saturated carbocycles. The Bertz CT molecular complexity index is 348. The number of ether oxygens (including phenoxy) is 2. The van der Waals surface area contributed by atoms with Crippen LogP contribution in [0, 0.1) is 5.92 Å². The Morgan fingerprint density at radius 2 is 1.94 bits per heavy atom. The van der Waals surface area contributed by atoms with Gasteiger partial charge in [0.15, 0.2) is 11.5 Å². The lowest BCUT2D eigenvalue weighted by Crippen LogP contribution is -2.19. The Labute approximate surface area is 104 Å². The van der Waals surface area contributed by atoms with Gasteiger partial charge in [-0.1, -0.05) is 26.0 Å². The minimum Gasteiger partial charge on any atom is -0.493 e. The van der Waals surface area contributed by atoms with Crippen LogP contribution in [0.5, 0.6) is 11.5 Å². The molecule has 0 spiro atoms. The number of para-hydroxylation sites is 1. The zero-order chi connectivity index (χ0) is 12.8. The van der Waals surface area contributed by atoms with Crippen LogP contribution in [0.3, 0.4) is 0 Å². The average Bonchev–Trinajstić information content (AvgIpc) is 2.26. The zero-order valence-corrected chi connectivity index (χ0v) is 11.2. The van der Waals surface area contributed by atoms with Gasteiger partial charge in [-0.15, -0.1) is 0 Å². The summed E-state index contributed by atoms with van der Waals surface area (Å²) in [5, 5.41) is 0. The Balaban J connectivity index is 2.94. The van der Waals surface area contributed by atoms with Gasteiger partial charge in [-0.2, -0.15) is 0 Å². The number of rotatable bonds is 6. The van der Waals surface area contributed by atoms with E-state index in [4.69, 9.17) is 15.2 Å². The number of nitrogens with two attached hydrogens (primary N) is 1. The molecule has 1 aromatic carbocycles. The summed E-state index contributed by atoms with van der Waals surface area (Å²) in [7, 11) is 1.66. The standard InChI is InChI=1S/C14H23NO2/c1-10(2)9-17-14-12(8-11(3)15)6-5-7-13(14)16-4/h5-7,10-11H,8-9,15H2,1-4H3. The third kappa shape index (κ3) is 4.27. The summed E-state index contributed by atoms with van der Waals surface area (Å²) in [4.78, 5) is 0. The maximum absolute atomic E-state index is 5.84. The minimum atomic E-state index is 0.114. The van der Waals surface area contributed by atoms with Crippen LogP contribution < -0.4 is 15.2 Å². The molecule has 0 fully saturated rings. The summed E-state index contributed by atoms with van der Waals surface area (Å²) < 4.78 is 11.2. The summed E-state index contributed by atoms with van der Waals surface area (Å²) in [6.07, 6.45) is 0.796. The van der Waals surface area contributed by atoms with Crippen LogP contribution in [0.2, 0.25) is 0 Å². The molecule has 0 amide bonds. The Hall–Kier alpha value is -1.22. The van der Waals surface area contributed by atoms with Crippen molar-refractivity contribution in [2.24, 2.45) is 11.7 Å². The second-order valence-electron chi connectivity index (χ2n) is 4.83. The van der Waals surface area contributed by atoms with E-state index in [1.807, 2.05) is 25.1 Å². The van der Waals surface area contributed by atoms with Gasteiger partial charge in [0.25, 0.3) is 0 Å². The minimum absolute atomic E-state index is 0.114. The lowest BCUT2D eigenvalue weighted by molar-refractivity contribution is 0.254. The number of benzene rings is 1. The highest BCUT2D eigenvalue weighted by molar-refractivity contribution is 5.47. The van der Waals surface area contributed by atoms with E-state index in [1.54, 1.807) is 7.11 Å². The van der Waals surface area contributed by atoms with Crippen LogP contribution >= 0.6 is 0 Å². The second kappa shape index (κ2) is 6.50. The van der Waals surface area contributed by atoms with E-state index < -0.39 is 0 Å². The Morgan fingerprint density at radius 1 is 1.24 bits per heavy atom. The average molecular weight is 237 g/mol. The Kier molecular flexibility index (Phi) is 5.29. The van der Waals surface area contributed by atoms with E-state index >= 15 is 0 Å². The molecule has 3 nitrogen and oxygen atoms in total. The van der Waals surface area contributed by atoms with Crippen molar-refractivity contribution in [1.29, 1.82) is 0 Å². The van der Waals surface area contributed by atoms with E-state index in [9.17, 15) is 0 Å². The largest absolute Gasteiger partial charge is 0.493 e. The van der Waals surface area contributed by atoms with E-state index in [1.165, 1.54) is 0 Å².